The van der Waals surface area contributed by atoms with Crippen LogP contribution in [0.1, 0.15) is 23.5 Å². The second-order valence-electron chi connectivity index (χ2n) is 6.25. The van der Waals surface area contributed by atoms with Gasteiger partial charge in [-0.1, -0.05) is 54.1 Å². The first kappa shape index (κ1) is 16.7. The molecule has 3 rings (SSSR count). The first-order chi connectivity index (χ1) is 11.5. The number of quaternary nitrogens is 1. The van der Waals surface area contributed by atoms with Crippen molar-refractivity contribution >= 4 is 23.4 Å². The summed E-state index contributed by atoms with van der Waals surface area (Å²) in [4.78, 5) is 27.4. The normalized spacial score (nSPS) is 18.9. The van der Waals surface area contributed by atoms with Crippen molar-refractivity contribution in [1.29, 1.82) is 0 Å². The number of rotatable bonds is 5. The third-order valence-corrected chi connectivity index (χ3v) is 4.55. The standard InChI is InChI=1S/C19H19ClN2O2/c1-21(12-14-7-9-16(20)10-8-14)13-22-18(23)11-17(19(22)24)15-5-3-2-4-6-15/h2-10,17H,11-13H2,1H3/p+1/t17-/m0/s1. The third-order valence-electron chi connectivity index (χ3n) is 4.29. The fraction of sp³-hybridized carbons (Fsp3) is 0.263. The Hall–Kier alpha value is -2.17. The first-order valence-corrected chi connectivity index (χ1v) is 8.37. The zero-order valence-electron chi connectivity index (χ0n) is 13.5. The van der Waals surface area contributed by atoms with Crippen LogP contribution in [0, 0.1) is 0 Å². The van der Waals surface area contributed by atoms with Crippen molar-refractivity contribution < 1.29 is 14.5 Å². The van der Waals surface area contributed by atoms with Crippen LogP contribution in [0.15, 0.2) is 54.6 Å². The number of hydrogen-bond acceptors (Lipinski definition) is 2. The van der Waals surface area contributed by atoms with Crippen molar-refractivity contribution in [2.45, 2.75) is 18.9 Å². The number of halogens is 1. The zero-order valence-corrected chi connectivity index (χ0v) is 14.3. The van der Waals surface area contributed by atoms with Gasteiger partial charge in [-0.15, -0.1) is 0 Å². The molecule has 1 aliphatic heterocycles. The van der Waals surface area contributed by atoms with Gasteiger partial charge in [0.1, 0.15) is 6.54 Å². The van der Waals surface area contributed by atoms with E-state index in [0.29, 0.717) is 11.7 Å². The molecule has 2 atom stereocenters. The van der Waals surface area contributed by atoms with Crippen molar-refractivity contribution in [3.8, 4) is 0 Å². The van der Waals surface area contributed by atoms with Gasteiger partial charge in [-0.3, -0.25) is 9.59 Å². The Morgan fingerprint density at radius 1 is 1.08 bits per heavy atom. The molecular weight excluding hydrogens is 324 g/mol. The van der Waals surface area contributed by atoms with E-state index in [-0.39, 0.29) is 24.2 Å². The van der Waals surface area contributed by atoms with E-state index in [1.807, 2.05) is 61.6 Å². The lowest BCUT2D eigenvalue weighted by atomic mass is 9.98. The van der Waals surface area contributed by atoms with Gasteiger partial charge in [0.2, 0.25) is 11.8 Å². The third kappa shape index (κ3) is 3.66. The lowest BCUT2D eigenvalue weighted by molar-refractivity contribution is -0.901. The summed E-state index contributed by atoms with van der Waals surface area (Å²) in [5.74, 6) is -0.534. The molecule has 2 amide bonds. The van der Waals surface area contributed by atoms with Gasteiger partial charge < -0.3 is 4.90 Å². The van der Waals surface area contributed by atoms with E-state index in [1.54, 1.807) is 0 Å². The predicted octanol–water partition coefficient (Wildman–Crippen LogP) is 1.85. The first-order valence-electron chi connectivity index (χ1n) is 7.99. The van der Waals surface area contributed by atoms with Gasteiger partial charge in [0.25, 0.3) is 0 Å². The van der Waals surface area contributed by atoms with Crippen LogP contribution in [0.3, 0.4) is 0 Å². The van der Waals surface area contributed by atoms with E-state index >= 15 is 0 Å². The predicted molar refractivity (Wildman–Crippen MR) is 92.6 cm³/mol. The highest BCUT2D eigenvalue weighted by Crippen LogP contribution is 2.28. The number of amides is 2. The van der Waals surface area contributed by atoms with Gasteiger partial charge in [0.05, 0.1) is 13.0 Å². The van der Waals surface area contributed by atoms with Gasteiger partial charge in [0, 0.05) is 17.0 Å². The summed E-state index contributed by atoms with van der Waals surface area (Å²) < 4.78 is 0. The minimum atomic E-state index is -0.345. The summed E-state index contributed by atoms with van der Waals surface area (Å²) in [6.45, 7) is 1.11. The highest BCUT2D eigenvalue weighted by molar-refractivity contribution is 6.30. The average molecular weight is 344 g/mol. The molecule has 0 bridgehead atoms. The summed E-state index contributed by atoms with van der Waals surface area (Å²) in [6.07, 6.45) is 0.261. The smallest absolute Gasteiger partial charge is 0.241 e. The summed E-state index contributed by atoms with van der Waals surface area (Å²) in [5, 5.41) is 0.701. The number of likely N-dealkylation sites (tertiary alicyclic amines) is 1. The van der Waals surface area contributed by atoms with Crippen LogP contribution >= 0.6 is 11.6 Å². The van der Waals surface area contributed by atoms with E-state index in [4.69, 9.17) is 11.6 Å². The molecule has 0 aromatic heterocycles. The van der Waals surface area contributed by atoms with Crippen molar-refractivity contribution in [1.82, 2.24) is 4.90 Å². The van der Waals surface area contributed by atoms with Crippen LogP contribution in [0.2, 0.25) is 5.02 Å². The Balaban J connectivity index is 1.65. The maximum atomic E-state index is 12.6. The Morgan fingerprint density at radius 3 is 2.42 bits per heavy atom. The SMILES string of the molecule is C[NH+](Cc1ccc(Cl)cc1)CN1C(=O)C[C@@H](c2ccccc2)C1=O. The van der Waals surface area contributed by atoms with Crippen LogP contribution in [-0.4, -0.2) is 30.4 Å². The van der Waals surface area contributed by atoms with Gasteiger partial charge in [-0.2, -0.15) is 0 Å². The highest BCUT2D eigenvalue weighted by atomic mass is 35.5. The number of nitrogens with zero attached hydrogens (tertiary/aromatic N) is 1. The molecule has 2 aromatic rings. The van der Waals surface area contributed by atoms with Gasteiger partial charge in [-0.25, -0.2) is 4.90 Å². The highest BCUT2D eigenvalue weighted by Gasteiger charge is 2.40. The summed E-state index contributed by atoms with van der Waals surface area (Å²) in [7, 11) is 1.98. The van der Waals surface area contributed by atoms with Gasteiger partial charge >= 0.3 is 0 Å². The molecule has 0 radical (unpaired) electrons. The van der Waals surface area contributed by atoms with Crippen molar-refractivity contribution in [2.75, 3.05) is 13.7 Å². The Labute approximate surface area is 146 Å². The molecule has 0 spiro atoms. The van der Waals surface area contributed by atoms with Gasteiger partial charge in [0.15, 0.2) is 6.67 Å². The van der Waals surface area contributed by atoms with E-state index in [1.165, 1.54) is 4.90 Å². The zero-order chi connectivity index (χ0) is 17.1. The number of carbonyl (C=O) groups excluding carboxylic acids is 2. The average Bonchev–Trinajstić information content (AvgIpc) is 2.86. The molecule has 1 aliphatic rings. The largest absolute Gasteiger partial charge is 0.316 e. The molecule has 0 aliphatic carbocycles. The minimum absolute atomic E-state index is 0.0932. The van der Waals surface area contributed by atoms with Crippen LogP contribution in [0.25, 0.3) is 0 Å². The lowest BCUT2D eigenvalue weighted by Gasteiger charge is -2.20. The fourth-order valence-corrected chi connectivity index (χ4v) is 3.20. The molecule has 1 unspecified atom stereocenters. The number of benzene rings is 2. The monoisotopic (exact) mass is 343 g/mol. The number of hydrogen-bond donors (Lipinski definition) is 1. The molecule has 5 heteroatoms. The summed E-state index contributed by atoms with van der Waals surface area (Å²) in [6, 6.07) is 17.1. The second-order valence-corrected chi connectivity index (χ2v) is 6.68. The quantitative estimate of drug-likeness (QED) is 0.842. The number of carbonyl (C=O) groups is 2. The molecule has 24 heavy (non-hydrogen) atoms. The fourth-order valence-electron chi connectivity index (χ4n) is 3.07. The topological polar surface area (TPSA) is 41.8 Å². The molecular formula is C19H20ClN2O2+. The van der Waals surface area contributed by atoms with Crippen LogP contribution in [0.5, 0.6) is 0 Å². The Morgan fingerprint density at radius 2 is 1.75 bits per heavy atom. The second kappa shape index (κ2) is 7.16. The summed E-state index contributed by atoms with van der Waals surface area (Å²) >= 11 is 5.89. The molecule has 1 fully saturated rings. The molecule has 124 valence electrons. The minimum Gasteiger partial charge on any atom is -0.316 e. The van der Waals surface area contributed by atoms with Crippen LogP contribution in [0.4, 0.5) is 0 Å². The Kier molecular flexibility index (Phi) is 4.97. The van der Waals surface area contributed by atoms with E-state index < -0.39 is 0 Å². The Bertz CT molecular complexity index is 731. The molecule has 1 N–H and O–H groups in total. The van der Waals surface area contributed by atoms with Crippen LogP contribution in [-0.2, 0) is 16.1 Å². The van der Waals surface area contributed by atoms with Crippen molar-refractivity contribution in [3.63, 3.8) is 0 Å². The van der Waals surface area contributed by atoms with E-state index in [9.17, 15) is 9.59 Å². The molecule has 4 nitrogen and oxygen atoms in total. The molecule has 0 saturated carbocycles. The van der Waals surface area contributed by atoms with Crippen molar-refractivity contribution in [2.24, 2.45) is 0 Å². The number of imide groups is 1. The molecule has 1 heterocycles. The van der Waals surface area contributed by atoms with Crippen LogP contribution < -0.4 is 4.90 Å². The van der Waals surface area contributed by atoms with E-state index in [2.05, 4.69) is 0 Å². The maximum absolute atomic E-state index is 12.6. The van der Waals surface area contributed by atoms with Crippen molar-refractivity contribution in [3.05, 3.63) is 70.7 Å². The lowest BCUT2D eigenvalue weighted by Crippen LogP contribution is -3.09. The maximum Gasteiger partial charge on any atom is 0.241 e. The molecule has 2 aromatic carbocycles. The molecule has 1 saturated heterocycles. The number of nitrogens with one attached hydrogen (secondary N) is 1. The van der Waals surface area contributed by atoms with E-state index in [0.717, 1.165) is 22.6 Å². The summed E-state index contributed by atoms with van der Waals surface area (Å²) in [5.41, 5.74) is 2.03. The van der Waals surface area contributed by atoms with Gasteiger partial charge in [-0.05, 0) is 17.7 Å².